The molecule has 12 heteroatoms. The summed E-state index contributed by atoms with van der Waals surface area (Å²) in [4.78, 5) is 35.4. The molecule has 3 aromatic rings. The summed E-state index contributed by atoms with van der Waals surface area (Å²) in [6.07, 6.45) is -4.70. The van der Waals surface area contributed by atoms with Crippen LogP contribution in [0.25, 0.3) is 5.69 Å². The molecule has 0 spiro atoms. The topological polar surface area (TPSA) is 116 Å². The molecule has 0 atom stereocenters. The highest BCUT2D eigenvalue weighted by Crippen LogP contribution is 2.34. The number of anilines is 1. The van der Waals surface area contributed by atoms with Crippen molar-refractivity contribution in [1.29, 1.82) is 0 Å². The lowest BCUT2D eigenvalue weighted by Crippen LogP contribution is -2.27. The second kappa shape index (κ2) is 8.49. The van der Waals surface area contributed by atoms with Crippen LogP contribution in [0.2, 0.25) is 0 Å². The van der Waals surface area contributed by atoms with Crippen LogP contribution >= 0.6 is 0 Å². The number of nitro benzene ring substituents is 1. The van der Waals surface area contributed by atoms with E-state index in [1.807, 2.05) is 0 Å². The number of rotatable bonds is 5. The number of methoxy groups -OCH3 is 1. The Morgan fingerprint density at radius 3 is 2.50 bits per heavy atom. The van der Waals surface area contributed by atoms with Crippen molar-refractivity contribution in [3.8, 4) is 11.4 Å². The van der Waals surface area contributed by atoms with E-state index in [-0.39, 0.29) is 28.5 Å². The predicted molar refractivity (Wildman–Crippen MR) is 107 cm³/mol. The van der Waals surface area contributed by atoms with Crippen LogP contribution in [-0.4, -0.2) is 27.7 Å². The van der Waals surface area contributed by atoms with Crippen molar-refractivity contribution in [3.63, 3.8) is 0 Å². The van der Waals surface area contributed by atoms with Gasteiger partial charge in [-0.05, 0) is 25.1 Å². The molecule has 1 heterocycles. The van der Waals surface area contributed by atoms with E-state index in [9.17, 15) is 32.9 Å². The van der Waals surface area contributed by atoms with Gasteiger partial charge in [0, 0.05) is 23.9 Å². The number of nitrogens with one attached hydrogen (secondary N) is 1. The van der Waals surface area contributed by atoms with E-state index in [4.69, 9.17) is 4.74 Å². The number of aromatic nitrogens is 2. The number of amides is 1. The van der Waals surface area contributed by atoms with E-state index >= 15 is 0 Å². The molecule has 0 saturated carbocycles. The molecule has 0 bridgehead atoms. The highest BCUT2D eigenvalue weighted by atomic mass is 19.4. The molecule has 1 N–H and O–H groups in total. The molecule has 1 amide bonds. The van der Waals surface area contributed by atoms with Crippen LogP contribution < -0.4 is 15.5 Å². The molecule has 166 valence electrons. The number of ether oxygens (including phenoxy) is 1. The maximum Gasteiger partial charge on any atom is 0.418 e. The van der Waals surface area contributed by atoms with Crippen molar-refractivity contribution in [1.82, 2.24) is 9.78 Å². The molecule has 0 aliphatic rings. The maximum atomic E-state index is 13.4. The molecule has 0 radical (unpaired) electrons. The van der Waals surface area contributed by atoms with E-state index in [1.165, 1.54) is 32.2 Å². The number of hydrogen-bond acceptors (Lipinski definition) is 6. The zero-order valence-corrected chi connectivity index (χ0v) is 16.6. The van der Waals surface area contributed by atoms with Gasteiger partial charge in [-0.15, -0.1) is 0 Å². The number of halogens is 3. The summed E-state index contributed by atoms with van der Waals surface area (Å²) in [7, 11) is 1.27. The Morgan fingerprint density at radius 2 is 1.88 bits per heavy atom. The van der Waals surface area contributed by atoms with E-state index < -0.39 is 33.7 Å². The van der Waals surface area contributed by atoms with Crippen LogP contribution in [0, 0.1) is 17.0 Å². The number of nitro groups is 1. The van der Waals surface area contributed by atoms with Gasteiger partial charge in [0.05, 0.1) is 29.0 Å². The van der Waals surface area contributed by atoms with Gasteiger partial charge >= 0.3 is 6.18 Å². The second-order valence-electron chi connectivity index (χ2n) is 6.52. The number of aryl methyl sites for hydroxylation is 1. The Labute approximate surface area is 178 Å². The number of benzene rings is 2. The lowest BCUT2D eigenvalue weighted by atomic mass is 10.1. The monoisotopic (exact) mass is 448 g/mol. The van der Waals surface area contributed by atoms with Gasteiger partial charge in [-0.3, -0.25) is 19.7 Å². The summed E-state index contributed by atoms with van der Waals surface area (Å²) in [5.74, 6) is -1.01. The molecule has 2 aromatic carbocycles. The summed E-state index contributed by atoms with van der Waals surface area (Å²) in [6.45, 7) is 1.37. The molecule has 9 nitrogen and oxygen atoms in total. The van der Waals surface area contributed by atoms with Crippen LogP contribution in [0.1, 0.15) is 21.7 Å². The number of non-ortho nitro benzene ring substituents is 1. The number of para-hydroxylation sites is 1. The first-order valence-electron chi connectivity index (χ1n) is 8.94. The molecule has 0 aliphatic carbocycles. The largest absolute Gasteiger partial charge is 0.495 e. The minimum atomic E-state index is -4.70. The third-order valence-corrected chi connectivity index (χ3v) is 4.40. The fraction of sp³-hybridized carbons (Fsp3) is 0.150. The Kier molecular flexibility index (Phi) is 5.96. The molecule has 3 rings (SSSR count). The first-order chi connectivity index (χ1) is 15.0. The Morgan fingerprint density at radius 1 is 1.19 bits per heavy atom. The molecule has 32 heavy (non-hydrogen) atoms. The second-order valence-corrected chi connectivity index (χ2v) is 6.52. The van der Waals surface area contributed by atoms with Gasteiger partial charge in [-0.2, -0.15) is 18.3 Å². The van der Waals surface area contributed by atoms with Crippen molar-refractivity contribution in [2.45, 2.75) is 13.1 Å². The van der Waals surface area contributed by atoms with Gasteiger partial charge in [0.25, 0.3) is 11.6 Å². The normalized spacial score (nSPS) is 11.2. The van der Waals surface area contributed by atoms with Gasteiger partial charge < -0.3 is 10.1 Å². The Balaban J connectivity index is 2.08. The number of alkyl halides is 3. The van der Waals surface area contributed by atoms with Crippen LogP contribution in [0.15, 0.2) is 53.3 Å². The van der Waals surface area contributed by atoms with Crippen molar-refractivity contribution >= 4 is 17.3 Å². The third kappa shape index (κ3) is 4.43. The standard InChI is InChI=1S/C20H15F3N4O5/c1-11-9-16(28)18(25-26(11)15-6-4-3-5-13(15)20(21,22)23)19(29)24-14-10-12(27(30)31)7-8-17(14)32-2/h3-10H,1-2H3,(H,24,29). The van der Waals surface area contributed by atoms with Crippen molar-refractivity contribution in [2.75, 3.05) is 12.4 Å². The van der Waals surface area contributed by atoms with Gasteiger partial charge in [0.15, 0.2) is 5.69 Å². The highest BCUT2D eigenvalue weighted by molar-refractivity contribution is 6.03. The summed E-state index contributed by atoms with van der Waals surface area (Å²) in [6, 6.07) is 8.95. The fourth-order valence-corrected chi connectivity index (χ4v) is 2.94. The van der Waals surface area contributed by atoms with Gasteiger partial charge in [0.1, 0.15) is 5.75 Å². The van der Waals surface area contributed by atoms with Crippen molar-refractivity contribution in [3.05, 3.63) is 85.8 Å². The molecule has 0 aliphatic heterocycles. The first kappa shape index (κ1) is 22.5. The molecular weight excluding hydrogens is 433 g/mol. The zero-order valence-electron chi connectivity index (χ0n) is 16.6. The van der Waals surface area contributed by atoms with E-state index in [0.29, 0.717) is 0 Å². The highest BCUT2D eigenvalue weighted by Gasteiger charge is 2.34. The number of carbonyl (C=O) groups is 1. The summed E-state index contributed by atoms with van der Waals surface area (Å²) in [5.41, 5.74) is -3.34. The summed E-state index contributed by atoms with van der Waals surface area (Å²) >= 11 is 0. The first-order valence-corrected chi connectivity index (χ1v) is 8.94. The number of carbonyl (C=O) groups excluding carboxylic acids is 1. The number of nitrogens with zero attached hydrogens (tertiary/aromatic N) is 3. The minimum Gasteiger partial charge on any atom is -0.495 e. The van der Waals surface area contributed by atoms with E-state index in [1.54, 1.807) is 0 Å². The SMILES string of the molecule is COc1ccc([N+](=O)[O-])cc1NC(=O)c1nn(-c2ccccc2C(F)(F)F)c(C)cc1=O. The maximum absolute atomic E-state index is 13.4. The molecule has 0 fully saturated rings. The zero-order chi connectivity index (χ0) is 23.6. The Hall–Kier alpha value is -4.22. The molecular formula is C20H15F3N4O5. The number of hydrogen-bond donors (Lipinski definition) is 1. The fourth-order valence-electron chi connectivity index (χ4n) is 2.94. The predicted octanol–water partition coefficient (Wildman–Crippen LogP) is 3.73. The van der Waals surface area contributed by atoms with E-state index in [0.717, 1.165) is 35.0 Å². The van der Waals surface area contributed by atoms with Gasteiger partial charge in [-0.25, -0.2) is 4.68 Å². The average Bonchev–Trinajstić information content (AvgIpc) is 2.73. The average molecular weight is 448 g/mol. The minimum absolute atomic E-state index is 0.0659. The molecule has 0 saturated heterocycles. The lowest BCUT2D eigenvalue weighted by Gasteiger charge is -2.17. The van der Waals surface area contributed by atoms with Crippen LogP contribution in [-0.2, 0) is 6.18 Å². The smallest absolute Gasteiger partial charge is 0.418 e. The summed E-state index contributed by atoms with van der Waals surface area (Å²) < 4.78 is 46.2. The van der Waals surface area contributed by atoms with Crippen molar-refractivity contribution in [2.24, 2.45) is 0 Å². The summed E-state index contributed by atoms with van der Waals surface area (Å²) in [5, 5.41) is 17.1. The van der Waals surface area contributed by atoms with E-state index in [2.05, 4.69) is 10.4 Å². The lowest BCUT2D eigenvalue weighted by molar-refractivity contribution is -0.384. The molecule has 1 aromatic heterocycles. The van der Waals surface area contributed by atoms with Crippen LogP contribution in [0.5, 0.6) is 5.75 Å². The molecule has 0 unspecified atom stereocenters. The Bertz CT molecular complexity index is 1270. The van der Waals surface area contributed by atoms with Crippen LogP contribution in [0.3, 0.4) is 0 Å². The van der Waals surface area contributed by atoms with Gasteiger partial charge in [0.2, 0.25) is 5.43 Å². The van der Waals surface area contributed by atoms with Crippen molar-refractivity contribution < 1.29 is 27.6 Å². The quantitative estimate of drug-likeness (QED) is 0.470. The van der Waals surface area contributed by atoms with Crippen LogP contribution in [0.4, 0.5) is 24.5 Å². The van der Waals surface area contributed by atoms with Gasteiger partial charge in [-0.1, -0.05) is 12.1 Å². The third-order valence-electron chi connectivity index (χ3n) is 4.40.